The summed E-state index contributed by atoms with van der Waals surface area (Å²) in [7, 11) is 0. The van der Waals surface area contributed by atoms with E-state index in [0.717, 1.165) is 17.2 Å². The highest BCUT2D eigenvalue weighted by molar-refractivity contribution is 8.00. The van der Waals surface area contributed by atoms with Crippen LogP contribution < -0.4 is 5.32 Å². The number of rotatable bonds is 4. The highest BCUT2D eigenvalue weighted by atomic mass is 32.2. The molecular formula is C13H26N2S. The summed E-state index contributed by atoms with van der Waals surface area (Å²) in [6.07, 6.45) is 4.20. The van der Waals surface area contributed by atoms with E-state index >= 15 is 0 Å². The summed E-state index contributed by atoms with van der Waals surface area (Å²) < 4.78 is 0. The van der Waals surface area contributed by atoms with Crippen LogP contribution in [-0.4, -0.2) is 48.1 Å². The molecule has 0 aromatic carbocycles. The van der Waals surface area contributed by atoms with Crippen molar-refractivity contribution in [1.29, 1.82) is 0 Å². The Balaban J connectivity index is 1.84. The van der Waals surface area contributed by atoms with Crippen LogP contribution in [0.25, 0.3) is 0 Å². The second-order valence-corrected chi connectivity index (χ2v) is 6.72. The summed E-state index contributed by atoms with van der Waals surface area (Å²) in [5, 5.41) is 4.38. The lowest BCUT2D eigenvalue weighted by Gasteiger charge is -2.34. The van der Waals surface area contributed by atoms with Crippen molar-refractivity contribution in [2.45, 2.75) is 44.4 Å². The Morgan fingerprint density at radius 3 is 2.81 bits per heavy atom. The molecule has 0 bridgehead atoms. The van der Waals surface area contributed by atoms with Gasteiger partial charge in [0, 0.05) is 17.8 Å². The van der Waals surface area contributed by atoms with Gasteiger partial charge in [0.15, 0.2) is 0 Å². The maximum atomic E-state index is 3.53. The first-order valence-corrected chi connectivity index (χ1v) is 7.92. The smallest absolute Gasteiger partial charge is 0.0219 e. The van der Waals surface area contributed by atoms with E-state index < -0.39 is 0 Å². The van der Waals surface area contributed by atoms with Crippen molar-refractivity contribution in [1.82, 2.24) is 10.2 Å². The molecule has 2 aliphatic rings. The number of nitrogens with zero attached hydrogens (tertiary/aromatic N) is 1. The van der Waals surface area contributed by atoms with E-state index in [2.05, 4.69) is 35.8 Å². The van der Waals surface area contributed by atoms with Gasteiger partial charge in [0.2, 0.25) is 0 Å². The second kappa shape index (κ2) is 6.27. The van der Waals surface area contributed by atoms with Crippen molar-refractivity contribution in [2.75, 3.05) is 31.9 Å². The molecule has 2 nitrogen and oxygen atoms in total. The maximum Gasteiger partial charge on any atom is 0.0219 e. The van der Waals surface area contributed by atoms with Crippen LogP contribution in [-0.2, 0) is 0 Å². The molecule has 94 valence electrons. The molecule has 0 aromatic heterocycles. The van der Waals surface area contributed by atoms with Crippen molar-refractivity contribution in [3.05, 3.63) is 0 Å². The Morgan fingerprint density at radius 1 is 1.38 bits per heavy atom. The average molecular weight is 242 g/mol. The molecule has 2 fully saturated rings. The van der Waals surface area contributed by atoms with Crippen LogP contribution in [0.1, 0.15) is 33.1 Å². The molecule has 0 radical (unpaired) electrons. The number of thioether (sulfide) groups is 1. The Hall–Kier alpha value is 0.270. The third-order valence-corrected chi connectivity index (χ3v) is 5.41. The Morgan fingerprint density at radius 2 is 2.25 bits per heavy atom. The molecule has 0 saturated carbocycles. The fourth-order valence-electron chi connectivity index (χ4n) is 3.11. The largest absolute Gasteiger partial charge is 0.316 e. The SMILES string of the molecule is CCN(CC1CCCNC1)C1CCSC1C. The zero-order valence-electron chi connectivity index (χ0n) is 10.7. The van der Waals surface area contributed by atoms with E-state index in [9.17, 15) is 0 Å². The van der Waals surface area contributed by atoms with Crippen LogP contribution in [0.15, 0.2) is 0 Å². The standard InChI is InChI=1S/C13H26N2S/c1-3-15(13-6-8-16-11(13)2)10-12-5-4-7-14-9-12/h11-14H,3-10H2,1-2H3. The van der Waals surface area contributed by atoms with Crippen molar-refractivity contribution < 1.29 is 0 Å². The van der Waals surface area contributed by atoms with E-state index in [1.807, 2.05) is 0 Å². The van der Waals surface area contributed by atoms with Crippen molar-refractivity contribution in [3.8, 4) is 0 Å². The van der Waals surface area contributed by atoms with Crippen molar-refractivity contribution >= 4 is 11.8 Å². The van der Waals surface area contributed by atoms with Crippen LogP contribution in [0.2, 0.25) is 0 Å². The molecule has 0 spiro atoms. The zero-order chi connectivity index (χ0) is 11.4. The number of hydrogen-bond donors (Lipinski definition) is 1. The topological polar surface area (TPSA) is 15.3 Å². The van der Waals surface area contributed by atoms with Gasteiger partial charge >= 0.3 is 0 Å². The minimum atomic E-state index is 0.844. The number of hydrogen-bond acceptors (Lipinski definition) is 3. The minimum Gasteiger partial charge on any atom is -0.316 e. The highest BCUT2D eigenvalue weighted by Gasteiger charge is 2.30. The molecule has 2 rings (SSSR count). The van der Waals surface area contributed by atoms with Gasteiger partial charge in [-0.05, 0) is 50.6 Å². The van der Waals surface area contributed by atoms with E-state index in [1.54, 1.807) is 0 Å². The first-order chi connectivity index (χ1) is 7.81. The molecule has 2 heterocycles. The Bertz CT molecular complexity index is 204. The zero-order valence-corrected chi connectivity index (χ0v) is 11.6. The van der Waals surface area contributed by atoms with Crippen molar-refractivity contribution in [2.24, 2.45) is 5.92 Å². The fourth-order valence-corrected chi connectivity index (χ4v) is 4.39. The summed E-state index contributed by atoms with van der Waals surface area (Å²) >= 11 is 2.15. The molecule has 2 saturated heterocycles. The van der Waals surface area contributed by atoms with E-state index in [0.29, 0.717) is 0 Å². The monoisotopic (exact) mass is 242 g/mol. The highest BCUT2D eigenvalue weighted by Crippen LogP contribution is 2.30. The normalized spacial score (nSPS) is 35.8. The van der Waals surface area contributed by atoms with Gasteiger partial charge in [-0.15, -0.1) is 0 Å². The van der Waals surface area contributed by atoms with E-state index in [1.165, 1.54) is 51.2 Å². The fraction of sp³-hybridized carbons (Fsp3) is 1.00. The summed E-state index contributed by atoms with van der Waals surface area (Å²) in [4.78, 5) is 2.74. The van der Waals surface area contributed by atoms with Gasteiger partial charge in [-0.2, -0.15) is 11.8 Å². The molecule has 3 unspecified atom stereocenters. The van der Waals surface area contributed by atoms with Crippen molar-refractivity contribution in [3.63, 3.8) is 0 Å². The molecule has 3 atom stereocenters. The Labute approximate surface area is 105 Å². The van der Waals surface area contributed by atoms with Gasteiger partial charge in [0.05, 0.1) is 0 Å². The Kier molecular flexibility index (Phi) is 4.98. The first-order valence-electron chi connectivity index (χ1n) is 6.87. The van der Waals surface area contributed by atoms with Crippen LogP contribution in [0.4, 0.5) is 0 Å². The molecule has 0 amide bonds. The average Bonchev–Trinajstić information content (AvgIpc) is 2.74. The summed E-state index contributed by atoms with van der Waals surface area (Å²) in [6.45, 7) is 9.75. The van der Waals surface area contributed by atoms with E-state index in [4.69, 9.17) is 0 Å². The van der Waals surface area contributed by atoms with E-state index in [-0.39, 0.29) is 0 Å². The lowest BCUT2D eigenvalue weighted by Crippen LogP contribution is -2.44. The number of nitrogens with one attached hydrogen (secondary N) is 1. The molecular weight excluding hydrogens is 216 g/mol. The minimum absolute atomic E-state index is 0.844. The predicted octanol–water partition coefficient (Wildman–Crippen LogP) is 2.20. The second-order valence-electron chi connectivity index (χ2n) is 5.23. The van der Waals surface area contributed by atoms with Gasteiger partial charge in [-0.1, -0.05) is 13.8 Å². The van der Waals surface area contributed by atoms with Gasteiger partial charge in [0.25, 0.3) is 0 Å². The predicted molar refractivity (Wildman–Crippen MR) is 73.2 cm³/mol. The maximum absolute atomic E-state index is 3.53. The van der Waals surface area contributed by atoms with Gasteiger partial charge in [-0.3, -0.25) is 4.90 Å². The summed E-state index contributed by atoms with van der Waals surface area (Å²) in [6, 6.07) is 0.844. The van der Waals surface area contributed by atoms with Gasteiger partial charge in [-0.25, -0.2) is 0 Å². The third-order valence-electron chi connectivity index (χ3n) is 4.10. The lowest BCUT2D eigenvalue weighted by molar-refractivity contribution is 0.161. The van der Waals surface area contributed by atoms with Crippen LogP contribution in [0.3, 0.4) is 0 Å². The molecule has 2 aliphatic heterocycles. The van der Waals surface area contributed by atoms with Crippen LogP contribution in [0, 0.1) is 5.92 Å². The van der Waals surface area contributed by atoms with Gasteiger partial charge in [0.1, 0.15) is 0 Å². The molecule has 0 aliphatic carbocycles. The molecule has 0 aromatic rings. The van der Waals surface area contributed by atoms with Crippen LogP contribution in [0.5, 0.6) is 0 Å². The lowest BCUT2D eigenvalue weighted by atomic mass is 9.97. The molecule has 16 heavy (non-hydrogen) atoms. The molecule has 3 heteroatoms. The third kappa shape index (κ3) is 3.14. The van der Waals surface area contributed by atoms with Gasteiger partial charge < -0.3 is 5.32 Å². The summed E-state index contributed by atoms with van der Waals surface area (Å²) in [5.74, 6) is 2.26. The molecule has 1 N–H and O–H groups in total. The quantitative estimate of drug-likeness (QED) is 0.814. The number of piperidine rings is 1. The first kappa shape index (κ1) is 12.7. The summed E-state index contributed by atoms with van der Waals surface area (Å²) in [5.41, 5.74) is 0. The van der Waals surface area contributed by atoms with Crippen LogP contribution >= 0.6 is 11.8 Å².